The summed E-state index contributed by atoms with van der Waals surface area (Å²) in [5, 5.41) is 3.42. The van der Waals surface area contributed by atoms with E-state index in [0.717, 1.165) is 36.2 Å². The molecule has 0 bridgehead atoms. The van der Waals surface area contributed by atoms with Gasteiger partial charge in [-0.05, 0) is 37.6 Å². The van der Waals surface area contributed by atoms with Gasteiger partial charge in [-0.1, -0.05) is 6.07 Å². The number of H-pyrrole nitrogens is 2. The second-order valence-corrected chi connectivity index (χ2v) is 4.41. The van der Waals surface area contributed by atoms with Gasteiger partial charge in [0.05, 0.1) is 11.0 Å². The molecule has 0 amide bonds. The number of aromatic amines is 2. The minimum atomic E-state index is -0.164. The van der Waals surface area contributed by atoms with Gasteiger partial charge < -0.3 is 20.0 Å². The average Bonchev–Trinajstić information content (AvgIpc) is 2.73. The van der Waals surface area contributed by atoms with Crippen molar-refractivity contribution in [3.05, 3.63) is 34.2 Å². The van der Waals surface area contributed by atoms with Crippen LogP contribution >= 0.6 is 0 Å². The number of benzene rings is 1. The molecule has 98 valence electrons. The highest BCUT2D eigenvalue weighted by atomic mass is 16.5. The molecule has 1 aromatic heterocycles. The molecule has 0 fully saturated rings. The third-order valence-electron chi connectivity index (χ3n) is 3.02. The van der Waals surface area contributed by atoms with Gasteiger partial charge in [0, 0.05) is 19.8 Å². The number of imidazole rings is 1. The van der Waals surface area contributed by atoms with Crippen molar-refractivity contribution < 1.29 is 4.74 Å². The van der Waals surface area contributed by atoms with E-state index in [9.17, 15) is 4.79 Å². The summed E-state index contributed by atoms with van der Waals surface area (Å²) in [6, 6.07) is 6.21. The lowest BCUT2D eigenvalue weighted by Gasteiger charge is -2.14. The van der Waals surface area contributed by atoms with E-state index in [2.05, 4.69) is 22.2 Å². The molecule has 1 heterocycles. The van der Waals surface area contributed by atoms with Crippen LogP contribution in [0.2, 0.25) is 0 Å². The van der Waals surface area contributed by atoms with E-state index in [1.807, 2.05) is 18.2 Å². The summed E-state index contributed by atoms with van der Waals surface area (Å²) in [6.45, 7) is 3.79. The molecule has 0 aliphatic rings. The van der Waals surface area contributed by atoms with Gasteiger partial charge in [0.1, 0.15) is 0 Å². The third-order valence-corrected chi connectivity index (χ3v) is 3.02. The van der Waals surface area contributed by atoms with Crippen molar-refractivity contribution in [1.82, 2.24) is 15.3 Å². The molecule has 0 aliphatic carbocycles. The van der Waals surface area contributed by atoms with Gasteiger partial charge in [-0.2, -0.15) is 0 Å². The third kappa shape index (κ3) is 3.00. The smallest absolute Gasteiger partial charge is 0.323 e. The van der Waals surface area contributed by atoms with E-state index in [-0.39, 0.29) is 11.7 Å². The van der Waals surface area contributed by atoms with Crippen LogP contribution in [0.3, 0.4) is 0 Å². The normalized spacial score (nSPS) is 13.0. The Labute approximate surface area is 106 Å². The van der Waals surface area contributed by atoms with Crippen LogP contribution in [-0.2, 0) is 4.74 Å². The lowest BCUT2D eigenvalue weighted by molar-refractivity contribution is 0.193. The van der Waals surface area contributed by atoms with Crippen molar-refractivity contribution in [3.63, 3.8) is 0 Å². The van der Waals surface area contributed by atoms with E-state index in [1.165, 1.54) is 0 Å². The minimum absolute atomic E-state index is 0.164. The molecule has 0 saturated heterocycles. The number of fused-ring (bicyclic) bond motifs is 1. The van der Waals surface area contributed by atoms with Crippen molar-refractivity contribution in [1.29, 1.82) is 0 Å². The molecule has 5 heteroatoms. The summed E-state index contributed by atoms with van der Waals surface area (Å²) in [5.74, 6) is 0. The summed E-state index contributed by atoms with van der Waals surface area (Å²) >= 11 is 0. The summed E-state index contributed by atoms with van der Waals surface area (Å²) in [6.07, 6.45) is 0.990. The summed E-state index contributed by atoms with van der Waals surface area (Å²) in [7, 11) is 1.71. The zero-order valence-electron chi connectivity index (χ0n) is 10.7. The van der Waals surface area contributed by atoms with Crippen LogP contribution < -0.4 is 11.0 Å². The van der Waals surface area contributed by atoms with Crippen LogP contribution in [0.15, 0.2) is 23.0 Å². The van der Waals surface area contributed by atoms with E-state index < -0.39 is 0 Å². The van der Waals surface area contributed by atoms with Crippen LogP contribution in [0, 0.1) is 0 Å². The molecule has 0 radical (unpaired) electrons. The Morgan fingerprint density at radius 1 is 1.33 bits per heavy atom. The monoisotopic (exact) mass is 249 g/mol. The van der Waals surface area contributed by atoms with Gasteiger partial charge in [-0.3, -0.25) is 0 Å². The lowest BCUT2D eigenvalue weighted by Crippen LogP contribution is -2.20. The highest BCUT2D eigenvalue weighted by molar-refractivity contribution is 5.75. The molecule has 5 nitrogen and oxygen atoms in total. The SMILES string of the molecule is COCCCNC(C)c1ccc2[nH]c(=O)[nH]c2c1. The van der Waals surface area contributed by atoms with Crippen LogP contribution in [-0.4, -0.2) is 30.2 Å². The predicted molar refractivity (Wildman–Crippen MR) is 71.8 cm³/mol. The Bertz CT molecular complexity index is 559. The largest absolute Gasteiger partial charge is 0.385 e. The number of hydrogen-bond acceptors (Lipinski definition) is 3. The molecule has 1 atom stereocenters. The Kier molecular flexibility index (Phi) is 4.17. The van der Waals surface area contributed by atoms with Crippen molar-refractivity contribution in [2.75, 3.05) is 20.3 Å². The van der Waals surface area contributed by atoms with Crippen molar-refractivity contribution in [3.8, 4) is 0 Å². The van der Waals surface area contributed by atoms with Crippen molar-refractivity contribution in [2.45, 2.75) is 19.4 Å². The molecular weight excluding hydrogens is 230 g/mol. The number of aromatic nitrogens is 2. The van der Waals surface area contributed by atoms with Crippen LogP contribution in [0.5, 0.6) is 0 Å². The zero-order chi connectivity index (χ0) is 13.0. The molecule has 2 rings (SSSR count). The topological polar surface area (TPSA) is 69.9 Å². The number of ether oxygens (including phenoxy) is 1. The highest BCUT2D eigenvalue weighted by Gasteiger charge is 2.06. The van der Waals surface area contributed by atoms with Gasteiger partial charge in [0.25, 0.3) is 0 Å². The van der Waals surface area contributed by atoms with E-state index in [1.54, 1.807) is 7.11 Å². The first kappa shape index (κ1) is 12.9. The molecule has 2 aromatic rings. The summed E-state index contributed by atoms with van der Waals surface area (Å²) < 4.78 is 5.01. The van der Waals surface area contributed by atoms with E-state index >= 15 is 0 Å². The number of methoxy groups -OCH3 is 1. The van der Waals surface area contributed by atoms with Gasteiger partial charge in [-0.15, -0.1) is 0 Å². The second kappa shape index (κ2) is 5.84. The summed E-state index contributed by atoms with van der Waals surface area (Å²) in [5.41, 5.74) is 2.69. The Morgan fingerprint density at radius 2 is 2.11 bits per heavy atom. The van der Waals surface area contributed by atoms with E-state index in [0.29, 0.717) is 0 Å². The number of nitrogens with one attached hydrogen (secondary N) is 3. The number of hydrogen-bond donors (Lipinski definition) is 3. The molecule has 18 heavy (non-hydrogen) atoms. The molecule has 0 aliphatic heterocycles. The Balaban J connectivity index is 2.03. The van der Waals surface area contributed by atoms with Gasteiger partial charge >= 0.3 is 5.69 Å². The molecule has 0 saturated carbocycles. The maximum atomic E-state index is 11.2. The first-order valence-corrected chi connectivity index (χ1v) is 6.15. The first-order chi connectivity index (χ1) is 8.70. The van der Waals surface area contributed by atoms with Crippen LogP contribution in [0.1, 0.15) is 24.9 Å². The van der Waals surface area contributed by atoms with Crippen LogP contribution in [0.4, 0.5) is 0 Å². The van der Waals surface area contributed by atoms with Gasteiger partial charge in [0.15, 0.2) is 0 Å². The Hall–Kier alpha value is -1.59. The van der Waals surface area contributed by atoms with Crippen molar-refractivity contribution >= 4 is 11.0 Å². The fourth-order valence-electron chi connectivity index (χ4n) is 1.97. The maximum Gasteiger partial charge on any atom is 0.323 e. The number of rotatable bonds is 6. The minimum Gasteiger partial charge on any atom is -0.385 e. The van der Waals surface area contributed by atoms with E-state index in [4.69, 9.17) is 4.74 Å². The Morgan fingerprint density at radius 3 is 2.89 bits per heavy atom. The zero-order valence-corrected chi connectivity index (χ0v) is 10.7. The van der Waals surface area contributed by atoms with Crippen LogP contribution in [0.25, 0.3) is 11.0 Å². The quantitative estimate of drug-likeness (QED) is 0.680. The van der Waals surface area contributed by atoms with Crippen molar-refractivity contribution in [2.24, 2.45) is 0 Å². The first-order valence-electron chi connectivity index (χ1n) is 6.15. The average molecular weight is 249 g/mol. The summed E-state index contributed by atoms with van der Waals surface area (Å²) in [4.78, 5) is 16.7. The maximum absolute atomic E-state index is 11.2. The molecule has 3 N–H and O–H groups in total. The fraction of sp³-hybridized carbons (Fsp3) is 0.462. The fourth-order valence-corrected chi connectivity index (χ4v) is 1.97. The highest BCUT2D eigenvalue weighted by Crippen LogP contribution is 2.16. The standard InChI is InChI=1S/C13H19N3O2/c1-9(14-6-3-7-18-2)10-4-5-11-12(8-10)16-13(17)15-11/h4-5,8-9,14H,3,6-7H2,1-2H3,(H2,15,16,17). The van der Waals surface area contributed by atoms with Gasteiger partial charge in [-0.25, -0.2) is 4.79 Å². The molecule has 1 aromatic carbocycles. The van der Waals surface area contributed by atoms with Gasteiger partial charge in [0.2, 0.25) is 0 Å². The molecule has 1 unspecified atom stereocenters. The lowest BCUT2D eigenvalue weighted by atomic mass is 10.1. The molecular formula is C13H19N3O2. The molecule has 0 spiro atoms. The second-order valence-electron chi connectivity index (χ2n) is 4.41. The predicted octanol–water partition coefficient (Wildman–Crippen LogP) is 1.54.